The van der Waals surface area contributed by atoms with Crippen molar-refractivity contribution in [1.82, 2.24) is 10.2 Å². The lowest BCUT2D eigenvalue weighted by atomic mass is 9.99. The van der Waals surface area contributed by atoms with E-state index in [1.807, 2.05) is 24.3 Å². The number of carbonyl (C=O) groups is 2. The molecule has 2 heterocycles. The Morgan fingerprint density at radius 2 is 2.10 bits per heavy atom. The molecule has 2 N–H and O–H groups in total. The number of fused-ring (bicyclic) bond motifs is 1. The number of hydrogen-bond donors (Lipinski definition) is 2. The molecule has 5 nitrogen and oxygen atoms in total. The van der Waals surface area contributed by atoms with Gasteiger partial charge in [-0.3, -0.25) is 9.59 Å². The number of likely N-dealkylation sites (tertiary alicyclic amines) is 1. The Hall–Kier alpha value is -2.04. The summed E-state index contributed by atoms with van der Waals surface area (Å²) in [4.78, 5) is 26.5. The summed E-state index contributed by atoms with van der Waals surface area (Å²) in [5, 5.41) is 5.96. The van der Waals surface area contributed by atoms with Gasteiger partial charge in [0.2, 0.25) is 11.8 Å². The van der Waals surface area contributed by atoms with Crippen LogP contribution in [0.4, 0.5) is 5.69 Å². The third-order valence-electron chi connectivity index (χ3n) is 4.40. The van der Waals surface area contributed by atoms with Gasteiger partial charge in [0.1, 0.15) is 12.1 Å². The first-order valence-electron chi connectivity index (χ1n) is 7.57. The molecule has 2 aliphatic rings. The Morgan fingerprint density at radius 1 is 1.29 bits per heavy atom. The van der Waals surface area contributed by atoms with Crippen LogP contribution in [0.15, 0.2) is 24.3 Å². The monoisotopic (exact) mass is 287 g/mol. The van der Waals surface area contributed by atoms with E-state index in [0.717, 1.165) is 24.9 Å². The van der Waals surface area contributed by atoms with Gasteiger partial charge in [-0.25, -0.2) is 0 Å². The third-order valence-corrected chi connectivity index (χ3v) is 4.40. The third kappa shape index (κ3) is 2.60. The van der Waals surface area contributed by atoms with Crippen LogP contribution in [0.2, 0.25) is 0 Å². The van der Waals surface area contributed by atoms with Crippen LogP contribution in [-0.4, -0.2) is 42.4 Å². The van der Waals surface area contributed by atoms with Crippen molar-refractivity contribution in [2.24, 2.45) is 0 Å². The Labute approximate surface area is 124 Å². The molecule has 2 aliphatic heterocycles. The number of likely N-dealkylation sites (N-methyl/N-ethyl adjacent to an activating group) is 1. The molecule has 5 heteroatoms. The summed E-state index contributed by atoms with van der Waals surface area (Å²) < 4.78 is 0. The first-order chi connectivity index (χ1) is 10.2. The van der Waals surface area contributed by atoms with Crippen molar-refractivity contribution in [2.45, 2.75) is 37.8 Å². The number of piperidine rings is 1. The zero-order valence-electron chi connectivity index (χ0n) is 12.3. The van der Waals surface area contributed by atoms with Gasteiger partial charge in [-0.15, -0.1) is 0 Å². The van der Waals surface area contributed by atoms with Gasteiger partial charge in [-0.05, 0) is 30.9 Å². The van der Waals surface area contributed by atoms with E-state index in [1.54, 1.807) is 11.9 Å². The maximum atomic E-state index is 12.8. The molecule has 0 saturated carbocycles. The van der Waals surface area contributed by atoms with Gasteiger partial charge in [-0.2, -0.15) is 0 Å². The number of rotatable bonds is 2. The SMILES string of the molecule is CNC(=O)C1CCCCN1C(=O)C1Cc2ccccc2N1. The normalized spacial score (nSPS) is 24.1. The minimum Gasteiger partial charge on any atom is -0.373 e. The van der Waals surface area contributed by atoms with Gasteiger partial charge >= 0.3 is 0 Å². The van der Waals surface area contributed by atoms with E-state index in [9.17, 15) is 9.59 Å². The summed E-state index contributed by atoms with van der Waals surface area (Å²) in [6.07, 6.45) is 3.43. The average molecular weight is 287 g/mol. The lowest BCUT2D eigenvalue weighted by Gasteiger charge is -2.36. The molecule has 3 rings (SSSR count). The summed E-state index contributed by atoms with van der Waals surface area (Å²) in [5.74, 6) is -0.0157. The average Bonchev–Trinajstić information content (AvgIpc) is 2.97. The highest BCUT2D eigenvalue weighted by atomic mass is 16.2. The fraction of sp³-hybridized carbons (Fsp3) is 0.500. The molecule has 112 valence electrons. The quantitative estimate of drug-likeness (QED) is 0.858. The van der Waals surface area contributed by atoms with Crippen molar-refractivity contribution in [1.29, 1.82) is 0 Å². The van der Waals surface area contributed by atoms with Crippen LogP contribution in [0.3, 0.4) is 0 Å². The minimum absolute atomic E-state index is 0.0412. The van der Waals surface area contributed by atoms with E-state index in [1.165, 1.54) is 5.56 Å². The van der Waals surface area contributed by atoms with Crippen molar-refractivity contribution >= 4 is 17.5 Å². The Balaban J connectivity index is 1.74. The summed E-state index contributed by atoms with van der Waals surface area (Å²) in [6, 6.07) is 7.43. The maximum absolute atomic E-state index is 12.8. The second-order valence-electron chi connectivity index (χ2n) is 5.72. The molecule has 1 aromatic rings. The molecule has 0 aromatic heterocycles. The molecule has 2 amide bonds. The second-order valence-corrected chi connectivity index (χ2v) is 5.72. The van der Waals surface area contributed by atoms with Gasteiger partial charge in [0.05, 0.1) is 0 Å². The summed E-state index contributed by atoms with van der Waals surface area (Å²) >= 11 is 0. The van der Waals surface area contributed by atoms with Gasteiger partial charge in [0, 0.05) is 25.7 Å². The molecule has 0 aliphatic carbocycles. The smallest absolute Gasteiger partial charge is 0.246 e. The van der Waals surface area contributed by atoms with Crippen molar-refractivity contribution in [3.05, 3.63) is 29.8 Å². The molecule has 1 saturated heterocycles. The van der Waals surface area contributed by atoms with Gasteiger partial charge < -0.3 is 15.5 Å². The van der Waals surface area contributed by atoms with Gasteiger partial charge in [0.25, 0.3) is 0 Å². The molecule has 0 radical (unpaired) electrons. The molecule has 1 aromatic carbocycles. The van der Waals surface area contributed by atoms with Crippen molar-refractivity contribution in [3.8, 4) is 0 Å². The number of amides is 2. The molecular weight excluding hydrogens is 266 g/mol. The molecular formula is C16H21N3O2. The topological polar surface area (TPSA) is 61.4 Å². The number of hydrogen-bond acceptors (Lipinski definition) is 3. The van der Waals surface area contributed by atoms with Crippen LogP contribution in [0.1, 0.15) is 24.8 Å². The minimum atomic E-state index is -0.318. The number of nitrogens with zero attached hydrogens (tertiary/aromatic N) is 1. The van der Waals surface area contributed by atoms with Crippen LogP contribution >= 0.6 is 0 Å². The summed E-state index contributed by atoms with van der Waals surface area (Å²) in [7, 11) is 1.63. The lowest BCUT2D eigenvalue weighted by molar-refractivity contribution is -0.142. The highest BCUT2D eigenvalue weighted by Gasteiger charge is 2.37. The number of benzene rings is 1. The van der Waals surface area contributed by atoms with Crippen LogP contribution in [0.5, 0.6) is 0 Å². The number of anilines is 1. The predicted molar refractivity (Wildman–Crippen MR) is 81.0 cm³/mol. The molecule has 2 atom stereocenters. The number of para-hydroxylation sites is 1. The Bertz CT molecular complexity index is 533. The first kappa shape index (κ1) is 13.9. The second kappa shape index (κ2) is 5.76. The van der Waals surface area contributed by atoms with Gasteiger partial charge in [0.15, 0.2) is 0 Å². The van der Waals surface area contributed by atoms with Crippen LogP contribution in [0, 0.1) is 0 Å². The van der Waals surface area contributed by atoms with Crippen LogP contribution < -0.4 is 10.6 Å². The Morgan fingerprint density at radius 3 is 2.86 bits per heavy atom. The zero-order chi connectivity index (χ0) is 14.8. The Kier molecular flexibility index (Phi) is 3.82. The van der Waals surface area contributed by atoms with Crippen molar-refractivity contribution in [3.63, 3.8) is 0 Å². The lowest BCUT2D eigenvalue weighted by Crippen LogP contribution is -2.55. The molecule has 0 bridgehead atoms. The fourth-order valence-electron chi connectivity index (χ4n) is 3.28. The highest BCUT2D eigenvalue weighted by Crippen LogP contribution is 2.27. The van der Waals surface area contributed by atoms with E-state index in [0.29, 0.717) is 13.0 Å². The summed E-state index contributed by atoms with van der Waals surface area (Å²) in [5.41, 5.74) is 2.20. The van der Waals surface area contributed by atoms with Crippen LogP contribution in [0.25, 0.3) is 0 Å². The van der Waals surface area contributed by atoms with E-state index in [2.05, 4.69) is 10.6 Å². The zero-order valence-corrected chi connectivity index (χ0v) is 12.3. The molecule has 0 spiro atoms. The molecule has 1 fully saturated rings. The highest BCUT2D eigenvalue weighted by molar-refractivity contribution is 5.92. The van der Waals surface area contributed by atoms with E-state index in [4.69, 9.17) is 0 Å². The molecule has 21 heavy (non-hydrogen) atoms. The predicted octanol–water partition coefficient (Wildman–Crippen LogP) is 1.15. The number of carbonyl (C=O) groups excluding carboxylic acids is 2. The largest absolute Gasteiger partial charge is 0.373 e. The fourth-order valence-corrected chi connectivity index (χ4v) is 3.28. The van der Waals surface area contributed by atoms with Crippen molar-refractivity contribution in [2.75, 3.05) is 18.9 Å². The standard InChI is InChI=1S/C16H21N3O2/c1-17-15(20)14-8-4-5-9-19(14)16(21)13-10-11-6-2-3-7-12(11)18-13/h2-3,6-7,13-14,18H,4-5,8-10H2,1H3,(H,17,20). The summed E-state index contributed by atoms with van der Waals surface area (Å²) in [6.45, 7) is 0.672. The van der Waals surface area contributed by atoms with E-state index in [-0.39, 0.29) is 23.9 Å². The van der Waals surface area contributed by atoms with Crippen molar-refractivity contribution < 1.29 is 9.59 Å². The van der Waals surface area contributed by atoms with E-state index < -0.39 is 0 Å². The van der Waals surface area contributed by atoms with Crippen LogP contribution in [-0.2, 0) is 16.0 Å². The molecule has 2 unspecified atom stereocenters. The number of nitrogens with one attached hydrogen (secondary N) is 2. The maximum Gasteiger partial charge on any atom is 0.246 e. The van der Waals surface area contributed by atoms with Gasteiger partial charge in [-0.1, -0.05) is 18.2 Å². The first-order valence-corrected chi connectivity index (χ1v) is 7.57. The van der Waals surface area contributed by atoms with E-state index >= 15 is 0 Å².